The van der Waals surface area contributed by atoms with E-state index in [9.17, 15) is 0 Å². The van der Waals surface area contributed by atoms with Gasteiger partial charge in [-0.05, 0) is 67.8 Å². The van der Waals surface area contributed by atoms with E-state index in [1.807, 2.05) is 36.4 Å². The quantitative estimate of drug-likeness (QED) is 0.144. The summed E-state index contributed by atoms with van der Waals surface area (Å²) in [5.74, 6) is 1.94. The molecule has 0 atom stereocenters. The van der Waals surface area contributed by atoms with Crippen LogP contribution < -0.4 is 5.19 Å². The van der Waals surface area contributed by atoms with Gasteiger partial charge in [0.15, 0.2) is 17.5 Å². The first kappa shape index (κ1) is 36.3. The molecule has 0 saturated heterocycles. The van der Waals surface area contributed by atoms with Crippen molar-refractivity contribution in [1.29, 1.82) is 0 Å². The lowest BCUT2D eigenvalue weighted by Gasteiger charge is -2.34. The Balaban J connectivity index is 1.19. The van der Waals surface area contributed by atoms with E-state index >= 15 is 0 Å². The van der Waals surface area contributed by atoms with Gasteiger partial charge >= 0.3 is 0 Å². The fraction of sp³-hybridized carbons (Fsp3) is 0.0727. The molecule has 0 radical (unpaired) electrons. The van der Waals surface area contributed by atoms with Gasteiger partial charge < -0.3 is 0 Å². The van der Waals surface area contributed by atoms with Gasteiger partial charge in [0.25, 0.3) is 0 Å². The van der Waals surface area contributed by atoms with Crippen LogP contribution in [-0.4, -0.2) is 23.0 Å². The standard InChI is InChI=1S/C55H43N3Si/c1-59(2,3)46-33-30-38(31-34-46)41-32-35-48-50(37-41)55(44-24-12-6-13-25-44,45-26-14-7-15-27-45)49-29-17-28-47(51(48)49)42-22-16-23-43(36-42)54-57-52(39-18-8-4-9-19-39)56-53(58-54)40-20-10-5-11-21-40/h4-37H,1-3H3. The minimum atomic E-state index is -1.44. The molecule has 0 N–H and O–H groups in total. The maximum Gasteiger partial charge on any atom is 0.164 e. The Labute approximate surface area is 347 Å². The van der Waals surface area contributed by atoms with E-state index in [0.717, 1.165) is 22.3 Å². The second kappa shape index (κ2) is 14.7. The molecular formula is C55H43N3Si. The van der Waals surface area contributed by atoms with Crippen molar-refractivity contribution in [2.45, 2.75) is 25.1 Å². The Hall–Kier alpha value is -7.01. The lowest BCUT2D eigenvalue weighted by molar-refractivity contribution is 0.769. The molecule has 1 aliphatic carbocycles. The fourth-order valence-corrected chi connectivity index (χ4v) is 10.1. The summed E-state index contributed by atoms with van der Waals surface area (Å²) < 4.78 is 0. The predicted molar refractivity (Wildman–Crippen MR) is 247 cm³/mol. The Bertz CT molecular complexity index is 2840. The van der Waals surface area contributed by atoms with Crippen molar-refractivity contribution in [3.05, 3.63) is 229 Å². The number of hydrogen-bond acceptors (Lipinski definition) is 3. The highest BCUT2D eigenvalue weighted by atomic mass is 28.3. The first-order valence-corrected chi connectivity index (χ1v) is 23.9. The average Bonchev–Trinajstić information content (AvgIpc) is 3.60. The van der Waals surface area contributed by atoms with Crippen LogP contribution >= 0.6 is 0 Å². The van der Waals surface area contributed by atoms with Crippen molar-refractivity contribution in [2.24, 2.45) is 0 Å². The maximum atomic E-state index is 5.08. The van der Waals surface area contributed by atoms with Gasteiger partial charge in [0.1, 0.15) is 0 Å². The van der Waals surface area contributed by atoms with E-state index in [1.54, 1.807) is 0 Å². The highest BCUT2D eigenvalue weighted by Crippen LogP contribution is 2.59. The molecule has 3 nitrogen and oxygen atoms in total. The summed E-state index contributed by atoms with van der Waals surface area (Å²) in [7, 11) is -1.44. The second-order valence-electron chi connectivity index (χ2n) is 16.4. The summed E-state index contributed by atoms with van der Waals surface area (Å²) in [6.45, 7) is 7.22. The molecule has 0 aliphatic heterocycles. The maximum absolute atomic E-state index is 5.08. The lowest BCUT2D eigenvalue weighted by atomic mass is 9.67. The van der Waals surface area contributed by atoms with Crippen molar-refractivity contribution >= 4 is 13.3 Å². The van der Waals surface area contributed by atoms with Crippen LogP contribution in [0.25, 0.3) is 67.5 Å². The van der Waals surface area contributed by atoms with Crippen LogP contribution in [0.5, 0.6) is 0 Å². The first-order chi connectivity index (χ1) is 28.9. The third kappa shape index (κ3) is 6.43. The molecule has 10 rings (SSSR count). The zero-order chi connectivity index (χ0) is 40.0. The fourth-order valence-electron chi connectivity index (χ4n) is 8.88. The number of aromatic nitrogens is 3. The molecule has 0 bridgehead atoms. The summed E-state index contributed by atoms with van der Waals surface area (Å²) in [4.78, 5) is 15.1. The van der Waals surface area contributed by atoms with Crippen LogP contribution in [0.1, 0.15) is 22.3 Å². The zero-order valence-electron chi connectivity index (χ0n) is 33.5. The van der Waals surface area contributed by atoms with Crippen LogP contribution in [0.3, 0.4) is 0 Å². The SMILES string of the molecule is C[Si](C)(C)c1ccc(-c2ccc3c(c2)C(c2ccccc2)(c2ccccc2)c2cccc(-c4cccc(-c5nc(-c6ccccc6)nc(-c6ccccc6)n5)c4)c2-3)cc1. The van der Waals surface area contributed by atoms with Gasteiger partial charge in [-0.3, -0.25) is 0 Å². The van der Waals surface area contributed by atoms with Gasteiger partial charge in [0.2, 0.25) is 0 Å². The molecule has 1 heterocycles. The Kier molecular flexibility index (Phi) is 9.07. The number of nitrogens with zero attached hydrogens (tertiary/aromatic N) is 3. The van der Waals surface area contributed by atoms with Crippen LogP contribution in [-0.2, 0) is 5.41 Å². The van der Waals surface area contributed by atoms with E-state index in [0.29, 0.717) is 17.5 Å². The highest BCUT2D eigenvalue weighted by molar-refractivity contribution is 6.88. The number of benzene rings is 8. The van der Waals surface area contributed by atoms with E-state index < -0.39 is 13.5 Å². The van der Waals surface area contributed by atoms with E-state index in [2.05, 4.69) is 189 Å². The monoisotopic (exact) mass is 773 g/mol. The number of rotatable bonds is 8. The summed E-state index contributed by atoms with van der Waals surface area (Å²) in [5.41, 5.74) is 14.6. The summed E-state index contributed by atoms with van der Waals surface area (Å²) in [5, 5.41) is 1.47. The molecule has 0 amide bonds. The van der Waals surface area contributed by atoms with Gasteiger partial charge in [-0.2, -0.15) is 0 Å². The molecular weight excluding hydrogens is 731 g/mol. The van der Waals surface area contributed by atoms with Gasteiger partial charge in [0.05, 0.1) is 13.5 Å². The van der Waals surface area contributed by atoms with Gasteiger partial charge in [0, 0.05) is 16.7 Å². The normalized spacial score (nSPS) is 12.8. The minimum Gasteiger partial charge on any atom is -0.208 e. The molecule has 0 spiro atoms. The number of fused-ring (bicyclic) bond motifs is 3. The summed E-state index contributed by atoms with van der Waals surface area (Å²) in [6, 6.07) is 74.4. The predicted octanol–water partition coefficient (Wildman–Crippen LogP) is 13.1. The minimum absolute atomic E-state index is 0.543. The van der Waals surface area contributed by atoms with Crippen molar-refractivity contribution in [3.8, 4) is 67.5 Å². The molecule has 9 aromatic rings. The van der Waals surface area contributed by atoms with Gasteiger partial charge in [-0.15, -0.1) is 0 Å². The lowest BCUT2D eigenvalue weighted by Crippen LogP contribution is -2.37. The van der Waals surface area contributed by atoms with Crippen LogP contribution in [0.4, 0.5) is 0 Å². The summed E-state index contributed by atoms with van der Waals surface area (Å²) in [6.07, 6.45) is 0. The number of hydrogen-bond donors (Lipinski definition) is 0. The Morgan fingerprint density at radius 1 is 0.339 bits per heavy atom. The topological polar surface area (TPSA) is 38.7 Å². The molecule has 282 valence electrons. The van der Waals surface area contributed by atoms with Gasteiger partial charge in [-0.1, -0.05) is 219 Å². The molecule has 8 aromatic carbocycles. The zero-order valence-corrected chi connectivity index (χ0v) is 34.5. The van der Waals surface area contributed by atoms with Crippen molar-refractivity contribution in [2.75, 3.05) is 0 Å². The van der Waals surface area contributed by atoms with Crippen molar-refractivity contribution < 1.29 is 0 Å². The van der Waals surface area contributed by atoms with E-state index in [-0.39, 0.29) is 0 Å². The molecule has 59 heavy (non-hydrogen) atoms. The van der Waals surface area contributed by atoms with Crippen molar-refractivity contribution in [1.82, 2.24) is 15.0 Å². The van der Waals surface area contributed by atoms with Crippen LogP contribution in [0.2, 0.25) is 19.6 Å². The van der Waals surface area contributed by atoms with Gasteiger partial charge in [-0.25, -0.2) is 15.0 Å². The third-order valence-corrected chi connectivity index (χ3v) is 13.9. The molecule has 0 unspecified atom stereocenters. The van der Waals surface area contributed by atoms with E-state index in [1.165, 1.54) is 55.3 Å². The largest absolute Gasteiger partial charge is 0.208 e. The smallest absolute Gasteiger partial charge is 0.164 e. The first-order valence-electron chi connectivity index (χ1n) is 20.4. The summed E-state index contributed by atoms with van der Waals surface area (Å²) >= 11 is 0. The Morgan fingerprint density at radius 2 is 0.814 bits per heavy atom. The van der Waals surface area contributed by atoms with Crippen LogP contribution in [0.15, 0.2) is 206 Å². The van der Waals surface area contributed by atoms with Crippen molar-refractivity contribution in [3.63, 3.8) is 0 Å². The molecule has 0 saturated carbocycles. The second-order valence-corrected chi connectivity index (χ2v) is 21.5. The van der Waals surface area contributed by atoms with E-state index in [4.69, 9.17) is 15.0 Å². The third-order valence-electron chi connectivity index (χ3n) is 11.8. The molecule has 1 aliphatic rings. The molecule has 1 aromatic heterocycles. The Morgan fingerprint density at radius 3 is 1.37 bits per heavy atom. The average molecular weight is 774 g/mol. The van der Waals surface area contributed by atoms with Crippen LogP contribution in [0, 0.1) is 0 Å². The molecule has 0 fully saturated rings. The highest BCUT2D eigenvalue weighted by Gasteiger charge is 2.47. The molecule has 4 heteroatoms.